The molecule has 0 saturated heterocycles. The first-order chi connectivity index (χ1) is 8.68. The number of Topliss-reactive ketones (excluding diaryl/α,β-unsaturated/α-hetero) is 1. The van der Waals surface area contributed by atoms with Crippen molar-refractivity contribution in [1.82, 2.24) is 5.32 Å². The Bertz CT molecular complexity index is 547. The number of ether oxygens (including phenoxy) is 1. The fourth-order valence-corrected chi connectivity index (χ4v) is 2.99. The Kier molecular flexibility index (Phi) is 2.61. The summed E-state index contributed by atoms with van der Waals surface area (Å²) in [7, 11) is 1.62. The number of benzene rings is 1. The van der Waals surface area contributed by atoms with Gasteiger partial charge in [0.25, 0.3) is 0 Å². The number of nitrogens with one attached hydrogen (secondary N) is 1. The summed E-state index contributed by atoms with van der Waals surface area (Å²) in [6, 6.07) is 7.86. The molecular weight excluding hydrogens is 226 g/mol. The summed E-state index contributed by atoms with van der Waals surface area (Å²) in [5.74, 6) is 0.0723. The highest BCUT2D eigenvalue weighted by atomic mass is 16.5. The summed E-state index contributed by atoms with van der Waals surface area (Å²) in [6.07, 6.45) is 0.957. The lowest BCUT2D eigenvalue weighted by molar-refractivity contribution is 0.0296. The Hall–Kier alpha value is -1.45. The van der Waals surface area contributed by atoms with E-state index < -0.39 is 5.60 Å². The molecule has 3 nitrogen and oxygen atoms in total. The fraction of sp³-hybridized carbons (Fsp3) is 0.400. The van der Waals surface area contributed by atoms with Crippen LogP contribution in [0.25, 0.3) is 5.57 Å². The molecule has 0 saturated carbocycles. The van der Waals surface area contributed by atoms with Crippen LogP contribution in [0.2, 0.25) is 0 Å². The normalized spacial score (nSPS) is 26.9. The molecule has 1 aliphatic carbocycles. The predicted molar refractivity (Wildman–Crippen MR) is 70.6 cm³/mol. The van der Waals surface area contributed by atoms with Gasteiger partial charge in [-0.3, -0.25) is 4.79 Å². The lowest BCUT2D eigenvalue weighted by atomic mass is 9.73. The molecular formula is C15H17NO2. The van der Waals surface area contributed by atoms with E-state index in [4.69, 9.17) is 4.74 Å². The number of rotatable bonds is 1. The average Bonchev–Trinajstić information content (AvgIpc) is 2.45. The van der Waals surface area contributed by atoms with Gasteiger partial charge in [-0.15, -0.1) is 0 Å². The predicted octanol–water partition coefficient (Wildman–Crippen LogP) is 2.03. The third-order valence-corrected chi connectivity index (χ3v) is 4.13. The Morgan fingerprint density at radius 1 is 1.28 bits per heavy atom. The van der Waals surface area contributed by atoms with Crippen molar-refractivity contribution in [3.8, 4) is 0 Å². The van der Waals surface area contributed by atoms with Crippen molar-refractivity contribution < 1.29 is 9.53 Å². The Morgan fingerprint density at radius 3 is 2.72 bits per heavy atom. The molecule has 1 aromatic carbocycles. The van der Waals surface area contributed by atoms with Gasteiger partial charge in [-0.1, -0.05) is 24.3 Å². The summed E-state index contributed by atoms with van der Waals surface area (Å²) in [5.41, 5.74) is 3.46. The molecule has 3 heteroatoms. The zero-order chi connectivity index (χ0) is 12.8. The first kappa shape index (κ1) is 11.6. The van der Waals surface area contributed by atoms with Crippen molar-refractivity contribution in [2.75, 3.05) is 20.2 Å². The number of fused-ring (bicyclic) bond motifs is 2. The molecule has 0 amide bonds. The van der Waals surface area contributed by atoms with E-state index in [1.807, 2.05) is 31.2 Å². The first-order valence-electron chi connectivity index (χ1n) is 6.31. The molecule has 1 heterocycles. The minimum atomic E-state index is -0.808. The van der Waals surface area contributed by atoms with Gasteiger partial charge in [0.05, 0.1) is 0 Å². The van der Waals surface area contributed by atoms with E-state index in [0.717, 1.165) is 36.2 Å². The second kappa shape index (κ2) is 4.04. The smallest absolute Gasteiger partial charge is 0.199 e. The van der Waals surface area contributed by atoms with Crippen LogP contribution in [0.15, 0.2) is 29.8 Å². The van der Waals surface area contributed by atoms with Crippen molar-refractivity contribution >= 4 is 11.4 Å². The van der Waals surface area contributed by atoms with Gasteiger partial charge in [0, 0.05) is 19.2 Å². The highest BCUT2D eigenvalue weighted by molar-refractivity contribution is 6.12. The summed E-state index contributed by atoms with van der Waals surface area (Å²) in [6.45, 7) is 3.58. The summed E-state index contributed by atoms with van der Waals surface area (Å²) >= 11 is 0. The van der Waals surface area contributed by atoms with Crippen LogP contribution in [0, 0.1) is 0 Å². The number of hydrogen-bond acceptors (Lipinski definition) is 3. The van der Waals surface area contributed by atoms with E-state index in [9.17, 15) is 4.79 Å². The highest BCUT2D eigenvalue weighted by Gasteiger charge is 2.44. The van der Waals surface area contributed by atoms with Gasteiger partial charge in [0.1, 0.15) is 0 Å². The SMILES string of the molecule is COC1(C)C(=O)c2ccccc2C2=C1CNCC2. The molecule has 0 spiro atoms. The maximum atomic E-state index is 12.6. The molecule has 94 valence electrons. The van der Waals surface area contributed by atoms with Crippen molar-refractivity contribution in [1.29, 1.82) is 0 Å². The van der Waals surface area contributed by atoms with E-state index in [2.05, 4.69) is 5.32 Å². The van der Waals surface area contributed by atoms with Crippen LogP contribution in [0.1, 0.15) is 29.3 Å². The molecule has 1 aromatic rings. The zero-order valence-corrected chi connectivity index (χ0v) is 10.7. The third-order valence-electron chi connectivity index (χ3n) is 4.13. The minimum Gasteiger partial charge on any atom is -0.366 e. The van der Waals surface area contributed by atoms with Crippen molar-refractivity contribution in [2.24, 2.45) is 0 Å². The average molecular weight is 243 g/mol. The minimum absolute atomic E-state index is 0.0723. The second-order valence-corrected chi connectivity index (χ2v) is 5.00. The van der Waals surface area contributed by atoms with Gasteiger partial charge in [0.2, 0.25) is 0 Å². The van der Waals surface area contributed by atoms with Crippen LogP contribution >= 0.6 is 0 Å². The molecule has 1 atom stereocenters. The molecule has 0 bridgehead atoms. The van der Waals surface area contributed by atoms with E-state index in [1.165, 1.54) is 5.57 Å². The summed E-state index contributed by atoms with van der Waals surface area (Å²) in [4.78, 5) is 12.6. The van der Waals surface area contributed by atoms with Crippen LogP contribution in [-0.2, 0) is 4.74 Å². The van der Waals surface area contributed by atoms with Crippen LogP contribution in [0.4, 0.5) is 0 Å². The monoisotopic (exact) mass is 243 g/mol. The van der Waals surface area contributed by atoms with Crippen LogP contribution in [0.5, 0.6) is 0 Å². The molecule has 1 unspecified atom stereocenters. The summed E-state index contributed by atoms with van der Waals surface area (Å²) in [5, 5.41) is 3.33. The van der Waals surface area contributed by atoms with E-state index in [-0.39, 0.29) is 5.78 Å². The Labute approximate surface area is 107 Å². The van der Waals surface area contributed by atoms with Crippen molar-refractivity contribution in [3.63, 3.8) is 0 Å². The largest absolute Gasteiger partial charge is 0.366 e. The number of carbonyl (C=O) groups excluding carboxylic acids is 1. The first-order valence-corrected chi connectivity index (χ1v) is 6.31. The topological polar surface area (TPSA) is 38.3 Å². The lowest BCUT2D eigenvalue weighted by Gasteiger charge is -2.39. The number of ketones is 1. The molecule has 2 aliphatic rings. The zero-order valence-electron chi connectivity index (χ0n) is 10.7. The van der Waals surface area contributed by atoms with E-state index >= 15 is 0 Å². The molecule has 0 aromatic heterocycles. The van der Waals surface area contributed by atoms with E-state index in [1.54, 1.807) is 7.11 Å². The van der Waals surface area contributed by atoms with Gasteiger partial charge >= 0.3 is 0 Å². The molecule has 1 N–H and O–H groups in total. The number of carbonyl (C=O) groups is 1. The maximum absolute atomic E-state index is 12.6. The van der Waals surface area contributed by atoms with Gasteiger partial charge < -0.3 is 10.1 Å². The van der Waals surface area contributed by atoms with E-state index in [0.29, 0.717) is 0 Å². The fourth-order valence-electron chi connectivity index (χ4n) is 2.99. The Morgan fingerprint density at radius 2 is 2.00 bits per heavy atom. The van der Waals surface area contributed by atoms with Gasteiger partial charge in [-0.2, -0.15) is 0 Å². The second-order valence-electron chi connectivity index (χ2n) is 5.00. The van der Waals surface area contributed by atoms with Crippen molar-refractivity contribution in [2.45, 2.75) is 18.9 Å². The van der Waals surface area contributed by atoms with Crippen molar-refractivity contribution in [3.05, 3.63) is 41.0 Å². The highest BCUT2D eigenvalue weighted by Crippen LogP contribution is 2.41. The van der Waals surface area contributed by atoms with Crippen LogP contribution in [-0.4, -0.2) is 31.6 Å². The molecule has 18 heavy (non-hydrogen) atoms. The van der Waals surface area contributed by atoms with Gasteiger partial charge in [-0.25, -0.2) is 0 Å². The van der Waals surface area contributed by atoms with Crippen LogP contribution in [0.3, 0.4) is 0 Å². The quantitative estimate of drug-likeness (QED) is 0.820. The molecule has 0 radical (unpaired) electrons. The number of hydrogen-bond donors (Lipinski definition) is 1. The molecule has 1 aliphatic heterocycles. The van der Waals surface area contributed by atoms with Gasteiger partial charge in [-0.05, 0) is 36.6 Å². The lowest BCUT2D eigenvalue weighted by Crippen LogP contribution is -2.48. The molecule has 3 rings (SSSR count). The maximum Gasteiger partial charge on any atom is 0.199 e. The van der Waals surface area contributed by atoms with Crippen LogP contribution < -0.4 is 5.32 Å². The Balaban J connectivity index is 2.29. The molecule has 0 fully saturated rings. The standard InChI is InChI=1S/C15H17NO2/c1-15(18-2)13-9-16-8-7-11(13)10-5-3-4-6-12(10)14(15)17/h3-6,16H,7-9H2,1-2H3. The third kappa shape index (κ3) is 1.41. The van der Waals surface area contributed by atoms with Gasteiger partial charge in [0.15, 0.2) is 11.4 Å². The summed E-state index contributed by atoms with van der Waals surface area (Å²) < 4.78 is 5.57. The number of methoxy groups -OCH3 is 1.